The third-order valence-corrected chi connectivity index (χ3v) is 3.55. The fourth-order valence-corrected chi connectivity index (χ4v) is 1.94. The highest BCUT2D eigenvalue weighted by molar-refractivity contribution is 5.69. The van der Waals surface area contributed by atoms with Crippen LogP contribution in [0.25, 0.3) is 0 Å². The largest absolute Gasteiger partial charge is 0.469 e. The Labute approximate surface area is 168 Å². The molecule has 0 aliphatic heterocycles. The number of rotatable bonds is 12. The number of hydrogen-bond donors (Lipinski definition) is 3. The van der Waals surface area contributed by atoms with Crippen molar-refractivity contribution in [2.75, 3.05) is 7.11 Å². The number of ether oxygens (including phenoxy) is 1. The quantitative estimate of drug-likeness (QED) is 0.207. The molecule has 0 saturated heterocycles. The van der Waals surface area contributed by atoms with Crippen LogP contribution >= 0.6 is 0 Å². The predicted molar refractivity (Wildman–Crippen MR) is 112 cm³/mol. The third-order valence-electron chi connectivity index (χ3n) is 3.55. The molecule has 0 bridgehead atoms. The molecule has 0 aromatic heterocycles. The average molecular weight is 389 g/mol. The van der Waals surface area contributed by atoms with Crippen LogP contribution in [-0.4, -0.2) is 46.7 Å². The van der Waals surface area contributed by atoms with Crippen molar-refractivity contribution in [1.82, 2.24) is 0 Å². The molecule has 3 atom stereocenters. The Morgan fingerprint density at radius 2 is 1.68 bits per heavy atom. The van der Waals surface area contributed by atoms with Gasteiger partial charge >= 0.3 is 5.97 Å². The van der Waals surface area contributed by atoms with Crippen molar-refractivity contribution < 1.29 is 24.9 Å². The van der Waals surface area contributed by atoms with Gasteiger partial charge in [0.05, 0.1) is 25.4 Å². The molecule has 0 aromatic carbocycles. The van der Waals surface area contributed by atoms with Crippen LogP contribution < -0.4 is 0 Å². The van der Waals surface area contributed by atoms with E-state index in [0.29, 0.717) is 19.3 Å². The molecule has 0 fully saturated rings. The van der Waals surface area contributed by atoms with Crippen molar-refractivity contribution in [2.45, 2.75) is 57.3 Å². The fourth-order valence-electron chi connectivity index (χ4n) is 1.94. The highest BCUT2D eigenvalue weighted by atomic mass is 16.5. The van der Waals surface area contributed by atoms with Gasteiger partial charge in [-0.2, -0.15) is 0 Å². The molecule has 154 valence electrons. The van der Waals surface area contributed by atoms with E-state index < -0.39 is 18.3 Å². The highest BCUT2D eigenvalue weighted by Crippen LogP contribution is 2.04. The second-order valence-electron chi connectivity index (χ2n) is 5.95. The van der Waals surface area contributed by atoms with Crippen LogP contribution in [0.4, 0.5) is 0 Å². The summed E-state index contributed by atoms with van der Waals surface area (Å²) in [6.45, 7) is 2.04. The second-order valence-corrected chi connectivity index (χ2v) is 5.95. The zero-order chi connectivity index (χ0) is 21.0. The molecule has 0 heterocycles. The van der Waals surface area contributed by atoms with Gasteiger partial charge in [0.25, 0.3) is 0 Å². The van der Waals surface area contributed by atoms with Crippen LogP contribution in [0.3, 0.4) is 0 Å². The summed E-state index contributed by atoms with van der Waals surface area (Å²) in [5.41, 5.74) is 0. The first-order valence-corrected chi connectivity index (χ1v) is 9.43. The third kappa shape index (κ3) is 15.8. The monoisotopic (exact) mass is 388 g/mol. The summed E-state index contributed by atoms with van der Waals surface area (Å²) < 4.78 is 4.53. The number of carbonyl (C=O) groups excluding carboxylic acids is 1. The summed E-state index contributed by atoms with van der Waals surface area (Å²) in [4.78, 5) is 10.9. The van der Waals surface area contributed by atoms with Gasteiger partial charge in [-0.15, -0.1) is 0 Å². The van der Waals surface area contributed by atoms with Gasteiger partial charge in [-0.3, -0.25) is 4.79 Å². The van der Waals surface area contributed by atoms with Crippen molar-refractivity contribution in [3.8, 4) is 11.8 Å². The summed E-state index contributed by atoms with van der Waals surface area (Å²) in [6, 6.07) is 0. The summed E-state index contributed by atoms with van der Waals surface area (Å²) >= 11 is 0. The van der Waals surface area contributed by atoms with Crippen LogP contribution in [0.2, 0.25) is 0 Å². The first kappa shape index (κ1) is 25.6. The Hall–Kier alpha value is -2.39. The molecule has 3 N–H and O–H groups in total. The lowest BCUT2D eigenvalue weighted by molar-refractivity contribution is -0.140. The molecule has 28 heavy (non-hydrogen) atoms. The van der Waals surface area contributed by atoms with Gasteiger partial charge in [-0.05, 0) is 43.9 Å². The van der Waals surface area contributed by atoms with E-state index >= 15 is 0 Å². The zero-order valence-corrected chi connectivity index (χ0v) is 16.7. The van der Waals surface area contributed by atoms with E-state index in [1.165, 1.54) is 13.2 Å². The Balaban J connectivity index is 4.11. The number of aliphatic hydroxyl groups is 3. The molecule has 3 unspecified atom stereocenters. The molecule has 0 aliphatic rings. The number of methoxy groups -OCH3 is 1. The van der Waals surface area contributed by atoms with E-state index in [-0.39, 0.29) is 12.4 Å². The van der Waals surface area contributed by atoms with Gasteiger partial charge in [-0.1, -0.05) is 61.3 Å². The molecule has 0 aliphatic carbocycles. The van der Waals surface area contributed by atoms with Gasteiger partial charge in [0.15, 0.2) is 0 Å². The molecule has 0 saturated carbocycles. The maximum Gasteiger partial charge on any atom is 0.305 e. The Morgan fingerprint density at radius 1 is 0.964 bits per heavy atom. The van der Waals surface area contributed by atoms with Crippen molar-refractivity contribution in [3.63, 3.8) is 0 Å². The van der Waals surface area contributed by atoms with Crippen LogP contribution in [0.5, 0.6) is 0 Å². The number of esters is 1. The summed E-state index contributed by atoms with van der Waals surface area (Å²) in [5, 5.41) is 29.3. The van der Waals surface area contributed by atoms with Crippen molar-refractivity contribution in [1.29, 1.82) is 0 Å². The topological polar surface area (TPSA) is 87.0 Å². The number of carbonyl (C=O) groups is 1. The molecular formula is C23H32O5. The zero-order valence-electron chi connectivity index (χ0n) is 16.7. The second kappa shape index (κ2) is 18.0. The molecule has 0 radical (unpaired) electrons. The first-order valence-electron chi connectivity index (χ1n) is 9.43. The van der Waals surface area contributed by atoms with Gasteiger partial charge in [-0.25, -0.2) is 0 Å². The average Bonchev–Trinajstić information content (AvgIpc) is 2.69. The van der Waals surface area contributed by atoms with Crippen molar-refractivity contribution in [2.24, 2.45) is 0 Å². The predicted octanol–water partition coefficient (Wildman–Crippen LogP) is 3.00. The molecule has 0 amide bonds. The van der Waals surface area contributed by atoms with Crippen LogP contribution in [0, 0.1) is 11.8 Å². The minimum absolute atomic E-state index is 0.279. The summed E-state index contributed by atoms with van der Waals surface area (Å²) in [6.07, 6.45) is 17.2. The van der Waals surface area contributed by atoms with Gasteiger partial charge in [0, 0.05) is 6.42 Å². The van der Waals surface area contributed by atoms with E-state index in [1.807, 2.05) is 19.1 Å². The van der Waals surface area contributed by atoms with Crippen LogP contribution in [-0.2, 0) is 9.53 Å². The van der Waals surface area contributed by atoms with Gasteiger partial charge < -0.3 is 20.1 Å². The van der Waals surface area contributed by atoms with E-state index in [2.05, 4.69) is 16.6 Å². The normalized spacial score (nSPS) is 15.5. The number of hydrogen-bond acceptors (Lipinski definition) is 5. The Kier molecular flexibility index (Phi) is 16.5. The Morgan fingerprint density at radius 3 is 2.39 bits per heavy atom. The molecule has 0 rings (SSSR count). The molecule has 5 heteroatoms. The Bertz CT molecular complexity index is 617. The lowest BCUT2D eigenvalue weighted by atomic mass is 10.1. The standard InChI is InChI=1S/C23H32O5/c1-3-4-10-15-20(24)16-11-7-5-6-8-12-17-21(25)22(26)18-13-9-14-19-23(27)28-2/h4,6,8-13,16-17,20-22,24-26H,3,14-15,18-19H2,1-2H3. The maximum atomic E-state index is 10.9. The highest BCUT2D eigenvalue weighted by Gasteiger charge is 2.10. The number of allylic oxidation sites excluding steroid dienone is 6. The molecular weight excluding hydrogens is 356 g/mol. The van der Waals surface area contributed by atoms with E-state index in [4.69, 9.17) is 0 Å². The van der Waals surface area contributed by atoms with Gasteiger partial charge in [0.2, 0.25) is 0 Å². The van der Waals surface area contributed by atoms with Crippen molar-refractivity contribution in [3.05, 3.63) is 60.8 Å². The van der Waals surface area contributed by atoms with Crippen molar-refractivity contribution >= 4 is 5.97 Å². The SMILES string of the molecule is CCC=CCC(O)C=CC#CC=CC=CC(O)C(O)CC=CCCC(=O)OC. The minimum atomic E-state index is -0.992. The minimum Gasteiger partial charge on any atom is -0.469 e. The maximum absolute atomic E-state index is 10.9. The lowest BCUT2D eigenvalue weighted by Gasteiger charge is -2.11. The first-order chi connectivity index (χ1) is 13.5. The fraction of sp³-hybridized carbons (Fsp3) is 0.435. The smallest absolute Gasteiger partial charge is 0.305 e. The van der Waals surface area contributed by atoms with Gasteiger partial charge in [0.1, 0.15) is 0 Å². The van der Waals surface area contributed by atoms with E-state index in [9.17, 15) is 20.1 Å². The molecule has 5 nitrogen and oxygen atoms in total. The summed E-state index contributed by atoms with van der Waals surface area (Å²) in [7, 11) is 1.34. The van der Waals surface area contributed by atoms with E-state index in [0.717, 1.165) is 6.42 Å². The van der Waals surface area contributed by atoms with Crippen LogP contribution in [0.1, 0.15) is 39.0 Å². The van der Waals surface area contributed by atoms with Crippen LogP contribution in [0.15, 0.2) is 60.8 Å². The van der Waals surface area contributed by atoms with E-state index in [1.54, 1.807) is 42.5 Å². The summed E-state index contributed by atoms with van der Waals surface area (Å²) in [5.74, 6) is 5.28. The number of aliphatic hydroxyl groups excluding tert-OH is 3. The molecule has 0 aromatic rings. The lowest BCUT2D eigenvalue weighted by Crippen LogP contribution is -2.22. The molecule has 0 spiro atoms.